The average molecular weight is 466 g/mol. The predicted molar refractivity (Wildman–Crippen MR) is 125 cm³/mol. The number of aryl methyl sites for hydroxylation is 1. The summed E-state index contributed by atoms with van der Waals surface area (Å²) in [6, 6.07) is 3.85. The number of aromatic amines is 1. The van der Waals surface area contributed by atoms with Crippen LogP contribution in [0.2, 0.25) is 5.02 Å². The van der Waals surface area contributed by atoms with Gasteiger partial charge in [-0.2, -0.15) is 5.10 Å². The summed E-state index contributed by atoms with van der Waals surface area (Å²) < 4.78 is 5.35. The standard InChI is InChI=1S/C22H24ClN9O/c1-11-7-15(31-33-11)22(10-24)13-4-6-32(9-14(13)22)16-8-27-19-18(29-30-21(19)28-16)12-3-5-26-20(25-2)17(12)23/h3,5,7-8,13-14H,4,6,9-10,24H2,1-2H3,(H,25,26)(H,28,29,30). The number of H-pyrrole nitrogens is 1. The first-order valence-corrected chi connectivity index (χ1v) is 11.4. The van der Waals surface area contributed by atoms with Gasteiger partial charge in [0.2, 0.25) is 0 Å². The molecule has 10 nitrogen and oxygen atoms in total. The molecule has 0 amide bonds. The molecule has 3 atom stereocenters. The van der Waals surface area contributed by atoms with E-state index in [1.54, 1.807) is 13.2 Å². The second kappa shape index (κ2) is 7.39. The summed E-state index contributed by atoms with van der Waals surface area (Å²) in [5.41, 5.74) is 9.83. The lowest BCUT2D eigenvalue weighted by Crippen LogP contribution is -2.32. The first-order chi connectivity index (χ1) is 16.1. The molecule has 170 valence electrons. The molecule has 1 saturated heterocycles. The first-order valence-electron chi connectivity index (χ1n) is 11.0. The molecule has 4 N–H and O–H groups in total. The summed E-state index contributed by atoms with van der Waals surface area (Å²) >= 11 is 6.51. The highest BCUT2D eigenvalue weighted by atomic mass is 35.5. The van der Waals surface area contributed by atoms with Crippen molar-refractivity contribution in [1.29, 1.82) is 0 Å². The number of halogens is 1. The first kappa shape index (κ1) is 20.4. The van der Waals surface area contributed by atoms with Crippen LogP contribution < -0.4 is 16.0 Å². The summed E-state index contributed by atoms with van der Waals surface area (Å²) in [4.78, 5) is 16.0. The maximum Gasteiger partial charge on any atom is 0.177 e. The number of aromatic nitrogens is 6. The molecule has 11 heteroatoms. The van der Waals surface area contributed by atoms with Crippen molar-refractivity contribution in [2.75, 3.05) is 36.9 Å². The van der Waals surface area contributed by atoms with Crippen molar-refractivity contribution in [3.63, 3.8) is 0 Å². The molecule has 33 heavy (non-hydrogen) atoms. The van der Waals surface area contributed by atoms with E-state index in [9.17, 15) is 0 Å². The molecule has 1 saturated carbocycles. The van der Waals surface area contributed by atoms with E-state index in [4.69, 9.17) is 31.8 Å². The van der Waals surface area contributed by atoms with E-state index >= 15 is 0 Å². The molecule has 0 spiro atoms. The van der Waals surface area contributed by atoms with Crippen LogP contribution >= 0.6 is 11.6 Å². The summed E-state index contributed by atoms with van der Waals surface area (Å²) in [5.74, 6) is 3.18. The number of piperidine rings is 1. The Morgan fingerprint density at radius 2 is 2.24 bits per heavy atom. The van der Waals surface area contributed by atoms with Crippen LogP contribution in [0.3, 0.4) is 0 Å². The quantitative estimate of drug-likeness (QED) is 0.406. The fourth-order valence-electron chi connectivity index (χ4n) is 5.49. The molecule has 2 fully saturated rings. The summed E-state index contributed by atoms with van der Waals surface area (Å²) in [5, 5.41) is 15.2. The van der Waals surface area contributed by atoms with Crippen LogP contribution in [0.5, 0.6) is 0 Å². The molecule has 6 rings (SSSR count). The lowest BCUT2D eigenvalue weighted by molar-refractivity contribution is 0.379. The monoisotopic (exact) mass is 465 g/mol. The Morgan fingerprint density at radius 1 is 1.36 bits per heavy atom. The SMILES string of the molecule is CNc1nccc(-c2n[nH]c3nc(N4CCC5C(C4)C5(CN)c4cc(C)on4)cnc23)c1Cl. The van der Waals surface area contributed by atoms with Gasteiger partial charge in [-0.05, 0) is 31.2 Å². The van der Waals surface area contributed by atoms with Gasteiger partial charge in [-0.25, -0.2) is 15.0 Å². The fourth-order valence-corrected chi connectivity index (χ4v) is 5.79. The average Bonchev–Trinajstić information content (AvgIpc) is 3.09. The van der Waals surface area contributed by atoms with Crippen molar-refractivity contribution in [3.8, 4) is 11.3 Å². The number of anilines is 2. The Hall–Kier alpha value is -3.24. The number of nitrogens with one attached hydrogen (secondary N) is 2. The lowest BCUT2D eigenvalue weighted by Gasteiger charge is -2.26. The molecule has 0 aromatic carbocycles. The van der Waals surface area contributed by atoms with E-state index in [0.29, 0.717) is 46.1 Å². The highest BCUT2D eigenvalue weighted by Crippen LogP contribution is 2.62. The van der Waals surface area contributed by atoms with E-state index in [1.165, 1.54) is 0 Å². The third-order valence-corrected chi connectivity index (χ3v) is 7.62. The van der Waals surface area contributed by atoms with Gasteiger partial charge in [0, 0.05) is 49.9 Å². The third-order valence-electron chi connectivity index (χ3n) is 7.23. The van der Waals surface area contributed by atoms with Crippen molar-refractivity contribution in [3.05, 3.63) is 41.0 Å². The van der Waals surface area contributed by atoms with Crippen LogP contribution in [0.4, 0.5) is 11.6 Å². The number of rotatable bonds is 5. The van der Waals surface area contributed by atoms with Gasteiger partial charge in [-0.15, -0.1) is 0 Å². The normalized spacial score (nSPS) is 24.2. The van der Waals surface area contributed by atoms with Crippen molar-refractivity contribution >= 4 is 34.4 Å². The Bertz CT molecular complexity index is 1350. The van der Waals surface area contributed by atoms with Gasteiger partial charge in [-0.3, -0.25) is 5.10 Å². The molecule has 2 aliphatic rings. The minimum absolute atomic E-state index is 0.103. The number of nitrogens with zero attached hydrogens (tertiary/aromatic N) is 6. The fraction of sp³-hybridized carbons (Fsp3) is 0.409. The maximum atomic E-state index is 6.51. The number of pyridine rings is 1. The molecule has 0 radical (unpaired) electrons. The van der Waals surface area contributed by atoms with E-state index in [-0.39, 0.29) is 5.41 Å². The second-order valence-corrected chi connectivity index (χ2v) is 9.16. The molecule has 1 aliphatic heterocycles. The van der Waals surface area contributed by atoms with Crippen molar-refractivity contribution < 1.29 is 4.52 Å². The molecule has 5 heterocycles. The zero-order chi connectivity index (χ0) is 22.7. The third kappa shape index (κ3) is 2.94. The zero-order valence-electron chi connectivity index (χ0n) is 18.3. The van der Waals surface area contributed by atoms with E-state index in [0.717, 1.165) is 42.3 Å². The maximum absolute atomic E-state index is 6.51. The molecule has 0 bridgehead atoms. The van der Waals surface area contributed by atoms with Crippen LogP contribution in [0.25, 0.3) is 22.4 Å². The molecular weight excluding hydrogens is 442 g/mol. The van der Waals surface area contributed by atoms with Crippen LogP contribution in [0, 0.1) is 18.8 Å². The Kier molecular flexibility index (Phi) is 4.56. The summed E-state index contributed by atoms with van der Waals surface area (Å²) in [7, 11) is 1.78. The van der Waals surface area contributed by atoms with Gasteiger partial charge >= 0.3 is 0 Å². The number of fused-ring (bicyclic) bond motifs is 2. The second-order valence-electron chi connectivity index (χ2n) is 8.78. The highest BCUT2D eigenvalue weighted by Gasteiger charge is 2.67. The number of hydrogen-bond acceptors (Lipinski definition) is 9. The van der Waals surface area contributed by atoms with Gasteiger partial charge in [0.15, 0.2) is 5.65 Å². The topological polar surface area (TPSA) is 135 Å². The Balaban J connectivity index is 1.29. The molecule has 4 aromatic rings. The largest absolute Gasteiger partial charge is 0.372 e. The van der Waals surface area contributed by atoms with Gasteiger partial charge in [0.1, 0.15) is 28.6 Å². The van der Waals surface area contributed by atoms with Gasteiger partial charge in [-0.1, -0.05) is 16.8 Å². The van der Waals surface area contributed by atoms with E-state index in [1.807, 2.05) is 25.3 Å². The Labute approximate surface area is 194 Å². The smallest absolute Gasteiger partial charge is 0.177 e. The summed E-state index contributed by atoms with van der Waals surface area (Å²) in [6.45, 7) is 4.23. The van der Waals surface area contributed by atoms with Crippen molar-refractivity contribution in [2.45, 2.75) is 18.8 Å². The van der Waals surface area contributed by atoms with Crippen LogP contribution in [-0.2, 0) is 5.41 Å². The predicted octanol–water partition coefficient (Wildman–Crippen LogP) is 2.76. The van der Waals surface area contributed by atoms with Gasteiger partial charge < -0.3 is 20.5 Å². The van der Waals surface area contributed by atoms with E-state index in [2.05, 4.69) is 30.6 Å². The summed E-state index contributed by atoms with van der Waals surface area (Å²) in [6.07, 6.45) is 4.53. The zero-order valence-corrected chi connectivity index (χ0v) is 19.1. The molecule has 3 unspecified atom stereocenters. The van der Waals surface area contributed by atoms with Crippen molar-refractivity contribution in [1.82, 2.24) is 30.3 Å². The van der Waals surface area contributed by atoms with Crippen molar-refractivity contribution in [2.24, 2.45) is 17.6 Å². The molecular formula is C22H24ClN9O. The Morgan fingerprint density at radius 3 is 3.00 bits per heavy atom. The minimum Gasteiger partial charge on any atom is -0.372 e. The molecule has 4 aromatic heterocycles. The van der Waals surface area contributed by atoms with Gasteiger partial charge in [0.05, 0.1) is 16.9 Å². The number of hydrogen-bond donors (Lipinski definition) is 3. The van der Waals surface area contributed by atoms with Crippen LogP contribution in [0.1, 0.15) is 17.9 Å². The number of nitrogens with two attached hydrogens (primary N) is 1. The van der Waals surface area contributed by atoms with Crippen LogP contribution in [0.15, 0.2) is 29.0 Å². The minimum atomic E-state index is -0.103. The van der Waals surface area contributed by atoms with Gasteiger partial charge in [0.25, 0.3) is 0 Å². The van der Waals surface area contributed by atoms with E-state index < -0.39 is 0 Å². The lowest BCUT2D eigenvalue weighted by atomic mass is 9.97. The highest BCUT2D eigenvalue weighted by molar-refractivity contribution is 6.35. The van der Waals surface area contributed by atoms with Crippen LogP contribution in [-0.4, -0.2) is 57.0 Å². The molecule has 1 aliphatic carbocycles.